The van der Waals surface area contributed by atoms with E-state index in [9.17, 15) is 9.59 Å². The van der Waals surface area contributed by atoms with E-state index in [1.165, 1.54) is 4.90 Å². The van der Waals surface area contributed by atoms with Crippen LogP contribution in [0, 0.1) is 5.92 Å². The highest BCUT2D eigenvalue weighted by atomic mass is 32.1. The zero-order chi connectivity index (χ0) is 10.7. The van der Waals surface area contributed by atoms with Gasteiger partial charge in [-0.05, 0) is 11.7 Å². The van der Waals surface area contributed by atoms with Gasteiger partial charge in [0.1, 0.15) is 0 Å². The van der Waals surface area contributed by atoms with Crippen LogP contribution in [0.2, 0.25) is 0 Å². The summed E-state index contributed by atoms with van der Waals surface area (Å²) >= 11 is 4.15. The average molecular weight is 216 g/mol. The van der Waals surface area contributed by atoms with E-state index in [0.717, 1.165) is 0 Å². The van der Waals surface area contributed by atoms with Crippen LogP contribution in [0.4, 0.5) is 0 Å². The molecule has 5 heteroatoms. The van der Waals surface area contributed by atoms with Crippen LogP contribution in [0.5, 0.6) is 0 Å². The maximum Gasteiger partial charge on any atom is 0.241 e. The first kappa shape index (κ1) is 11.4. The summed E-state index contributed by atoms with van der Waals surface area (Å²) in [6.07, 6.45) is 0.532. The molecule has 4 nitrogen and oxygen atoms in total. The fraction of sp³-hybridized carbons (Fsp3) is 0.778. The molecule has 0 aliphatic carbocycles. The van der Waals surface area contributed by atoms with E-state index in [0.29, 0.717) is 24.6 Å². The first-order valence-electron chi connectivity index (χ1n) is 4.63. The van der Waals surface area contributed by atoms with Gasteiger partial charge in [-0.1, -0.05) is 0 Å². The highest BCUT2D eigenvalue weighted by molar-refractivity contribution is 7.80. The Labute approximate surface area is 89.7 Å². The van der Waals surface area contributed by atoms with E-state index in [4.69, 9.17) is 0 Å². The lowest BCUT2D eigenvalue weighted by molar-refractivity contribution is -0.136. The standard InChI is InChI=1S/C9H16N2O2S/c1-10(2)9(13)5-11-4-7(6-14)3-8(11)12/h7,14H,3-6H2,1-2H3. The Balaban J connectivity index is 2.46. The van der Waals surface area contributed by atoms with Crippen molar-refractivity contribution in [2.75, 3.05) is 32.9 Å². The summed E-state index contributed by atoms with van der Waals surface area (Å²) in [5.74, 6) is 1.05. The molecule has 1 heterocycles. The number of hydrogen-bond acceptors (Lipinski definition) is 3. The maximum absolute atomic E-state index is 11.4. The van der Waals surface area contributed by atoms with E-state index in [2.05, 4.69) is 12.6 Å². The molecule has 2 amide bonds. The molecule has 1 unspecified atom stereocenters. The van der Waals surface area contributed by atoms with Gasteiger partial charge < -0.3 is 9.80 Å². The van der Waals surface area contributed by atoms with Gasteiger partial charge in [-0.25, -0.2) is 0 Å². The molecule has 14 heavy (non-hydrogen) atoms. The molecule has 0 aromatic heterocycles. The number of carbonyl (C=O) groups excluding carboxylic acids is 2. The Hall–Kier alpha value is -0.710. The largest absolute Gasteiger partial charge is 0.347 e. The maximum atomic E-state index is 11.4. The zero-order valence-corrected chi connectivity index (χ0v) is 9.46. The molecule has 80 valence electrons. The molecule has 1 aliphatic heterocycles. The van der Waals surface area contributed by atoms with Crippen LogP contribution in [0.25, 0.3) is 0 Å². The van der Waals surface area contributed by atoms with Crippen molar-refractivity contribution in [1.82, 2.24) is 9.80 Å². The molecule has 0 N–H and O–H groups in total. The normalized spacial score (nSPS) is 21.5. The third-order valence-corrected chi connectivity index (χ3v) is 2.89. The van der Waals surface area contributed by atoms with Crippen molar-refractivity contribution in [1.29, 1.82) is 0 Å². The second kappa shape index (κ2) is 4.68. The van der Waals surface area contributed by atoms with Gasteiger partial charge in [0.25, 0.3) is 0 Å². The van der Waals surface area contributed by atoms with Gasteiger partial charge in [0, 0.05) is 27.1 Å². The molecule has 0 bridgehead atoms. The van der Waals surface area contributed by atoms with Crippen molar-refractivity contribution in [3.05, 3.63) is 0 Å². The predicted octanol–water partition coefficient (Wildman–Crippen LogP) is -0.147. The van der Waals surface area contributed by atoms with Gasteiger partial charge in [0.05, 0.1) is 6.54 Å². The summed E-state index contributed by atoms with van der Waals surface area (Å²) in [7, 11) is 3.39. The highest BCUT2D eigenvalue weighted by Crippen LogP contribution is 2.18. The number of carbonyl (C=O) groups is 2. The Morgan fingerprint density at radius 1 is 1.64 bits per heavy atom. The monoisotopic (exact) mass is 216 g/mol. The molecule has 1 rings (SSSR count). The molecule has 1 aliphatic rings. The SMILES string of the molecule is CN(C)C(=O)CN1CC(CS)CC1=O. The molecule has 0 aromatic rings. The predicted molar refractivity (Wildman–Crippen MR) is 57.2 cm³/mol. The number of thiol groups is 1. The number of likely N-dealkylation sites (tertiary alicyclic amines) is 1. The van der Waals surface area contributed by atoms with Gasteiger partial charge in [0.2, 0.25) is 11.8 Å². The quantitative estimate of drug-likeness (QED) is 0.667. The molecule has 0 radical (unpaired) electrons. The summed E-state index contributed by atoms with van der Waals surface area (Å²) in [6.45, 7) is 0.873. The summed E-state index contributed by atoms with van der Waals surface area (Å²) < 4.78 is 0. The molecular weight excluding hydrogens is 200 g/mol. The number of likely N-dealkylation sites (N-methyl/N-ethyl adjacent to an activating group) is 1. The third kappa shape index (κ3) is 2.64. The summed E-state index contributed by atoms with van der Waals surface area (Å²) in [5.41, 5.74) is 0. The summed E-state index contributed by atoms with van der Waals surface area (Å²) in [4.78, 5) is 25.9. The lowest BCUT2D eigenvalue weighted by atomic mass is 10.1. The second-order valence-corrected chi connectivity index (χ2v) is 4.18. The van der Waals surface area contributed by atoms with Gasteiger partial charge in [-0.2, -0.15) is 12.6 Å². The van der Waals surface area contributed by atoms with Gasteiger partial charge in [0.15, 0.2) is 0 Å². The van der Waals surface area contributed by atoms with Crippen molar-refractivity contribution in [3.8, 4) is 0 Å². The van der Waals surface area contributed by atoms with Crippen LogP contribution in [-0.4, -0.2) is 54.6 Å². The highest BCUT2D eigenvalue weighted by Gasteiger charge is 2.29. The number of amides is 2. The van der Waals surface area contributed by atoms with Crippen molar-refractivity contribution in [2.45, 2.75) is 6.42 Å². The number of rotatable bonds is 3. The lowest BCUT2D eigenvalue weighted by Crippen LogP contribution is -2.37. The molecule has 0 saturated carbocycles. The Bertz CT molecular complexity index is 243. The van der Waals surface area contributed by atoms with E-state index in [-0.39, 0.29) is 18.4 Å². The molecular formula is C9H16N2O2S. The molecule has 1 fully saturated rings. The minimum atomic E-state index is -0.0295. The zero-order valence-electron chi connectivity index (χ0n) is 8.56. The fourth-order valence-electron chi connectivity index (χ4n) is 1.43. The summed E-state index contributed by atoms with van der Waals surface area (Å²) in [6, 6.07) is 0. The summed E-state index contributed by atoms with van der Waals surface area (Å²) in [5, 5.41) is 0. The minimum Gasteiger partial charge on any atom is -0.347 e. The lowest BCUT2D eigenvalue weighted by Gasteiger charge is -2.18. The second-order valence-electron chi connectivity index (χ2n) is 3.82. The van der Waals surface area contributed by atoms with Gasteiger partial charge >= 0.3 is 0 Å². The average Bonchev–Trinajstić information content (AvgIpc) is 2.47. The third-order valence-electron chi connectivity index (χ3n) is 2.38. The van der Waals surface area contributed by atoms with Crippen LogP contribution < -0.4 is 0 Å². The molecule has 0 spiro atoms. The Morgan fingerprint density at radius 3 is 2.71 bits per heavy atom. The van der Waals surface area contributed by atoms with E-state index in [1.807, 2.05) is 0 Å². The van der Waals surface area contributed by atoms with Crippen molar-refractivity contribution in [3.63, 3.8) is 0 Å². The van der Waals surface area contributed by atoms with Crippen molar-refractivity contribution < 1.29 is 9.59 Å². The first-order chi connectivity index (χ1) is 6.54. The van der Waals surface area contributed by atoms with Crippen molar-refractivity contribution in [2.24, 2.45) is 5.92 Å². The van der Waals surface area contributed by atoms with E-state index in [1.54, 1.807) is 19.0 Å². The topological polar surface area (TPSA) is 40.6 Å². The minimum absolute atomic E-state index is 0.0295. The van der Waals surface area contributed by atoms with Crippen LogP contribution in [0.15, 0.2) is 0 Å². The van der Waals surface area contributed by atoms with Crippen LogP contribution in [0.3, 0.4) is 0 Å². The molecule has 0 aromatic carbocycles. The van der Waals surface area contributed by atoms with Gasteiger partial charge in [-0.15, -0.1) is 0 Å². The number of nitrogens with zero attached hydrogens (tertiary/aromatic N) is 2. The van der Waals surface area contributed by atoms with Crippen LogP contribution in [0.1, 0.15) is 6.42 Å². The van der Waals surface area contributed by atoms with E-state index < -0.39 is 0 Å². The van der Waals surface area contributed by atoms with Crippen LogP contribution in [-0.2, 0) is 9.59 Å². The van der Waals surface area contributed by atoms with E-state index >= 15 is 0 Å². The van der Waals surface area contributed by atoms with Crippen LogP contribution >= 0.6 is 12.6 Å². The molecule has 1 saturated heterocycles. The Morgan fingerprint density at radius 2 is 2.29 bits per heavy atom. The fourth-order valence-corrected chi connectivity index (χ4v) is 1.68. The van der Waals surface area contributed by atoms with Gasteiger partial charge in [-0.3, -0.25) is 9.59 Å². The first-order valence-corrected chi connectivity index (χ1v) is 5.26. The number of hydrogen-bond donors (Lipinski definition) is 1. The smallest absolute Gasteiger partial charge is 0.241 e. The molecule has 1 atom stereocenters. The Kier molecular flexibility index (Phi) is 3.80. The van der Waals surface area contributed by atoms with Crippen molar-refractivity contribution >= 4 is 24.4 Å².